The second-order valence-corrected chi connectivity index (χ2v) is 5.07. The average Bonchev–Trinajstić information content (AvgIpc) is 2.55. The summed E-state index contributed by atoms with van der Waals surface area (Å²) in [5.41, 5.74) is 4.81. The van der Waals surface area contributed by atoms with Gasteiger partial charge in [0.2, 0.25) is 0 Å². The van der Waals surface area contributed by atoms with Crippen molar-refractivity contribution < 1.29 is 9.59 Å². The maximum absolute atomic E-state index is 12.2. The van der Waals surface area contributed by atoms with Crippen molar-refractivity contribution in [2.75, 3.05) is 0 Å². The van der Waals surface area contributed by atoms with Gasteiger partial charge in [0.1, 0.15) is 5.92 Å². The summed E-state index contributed by atoms with van der Waals surface area (Å²) in [5.74, 6) is -0.558. The molecule has 0 aliphatic heterocycles. The van der Waals surface area contributed by atoms with Crippen molar-refractivity contribution in [1.82, 2.24) is 0 Å². The van der Waals surface area contributed by atoms with Crippen LogP contribution in [-0.4, -0.2) is 11.6 Å². The fourth-order valence-electron chi connectivity index (χ4n) is 2.89. The third-order valence-corrected chi connectivity index (χ3v) is 3.64. The number of hydrogen-bond acceptors (Lipinski definition) is 2. The van der Waals surface area contributed by atoms with Crippen LogP contribution in [0.2, 0.25) is 0 Å². The zero-order chi connectivity index (χ0) is 13.4. The van der Waals surface area contributed by atoms with Gasteiger partial charge >= 0.3 is 0 Å². The van der Waals surface area contributed by atoms with Gasteiger partial charge in [-0.1, -0.05) is 23.8 Å². The molecule has 2 rings (SSSR count). The Labute approximate surface area is 108 Å². The van der Waals surface area contributed by atoms with Gasteiger partial charge in [-0.05, 0) is 50.0 Å². The fourth-order valence-corrected chi connectivity index (χ4v) is 2.89. The number of hydrogen-bond donors (Lipinski definition) is 0. The molecule has 1 aliphatic rings. The second kappa shape index (κ2) is 4.52. The molecule has 2 nitrogen and oxygen atoms in total. The Balaban J connectivity index is 2.57. The Kier molecular flexibility index (Phi) is 3.20. The van der Waals surface area contributed by atoms with E-state index in [2.05, 4.69) is 0 Å². The Hall–Kier alpha value is -1.70. The van der Waals surface area contributed by atoms with Gasteiger partial charge in [-0.15, -0.1) is 0 Å². The lowest BCUT2D eigenvalue weighted by Gasteiger charge is -2.15. The monoisotopic (exact) mass is 242 g/mol. The van der Waals surface area contributed by atoms with E-state index in [4.69, 9.17) is 0 Å². The molecule has 1 aromatic rings. The van der Waals surface area contributed by atoms with E-state index >= 15 is 0 Å². The number of rotatable bonds is 1. The number of Topliss-reactive ketones (excluding diaryl/α,β-unsaturated/α-hetero) is 2. The van der Waals surface area contributed by atoms with Crippen LogP contribution >= 0.6 is 0 Å². The first-order valence-corrected chi connectivity index (χ1v) is 6.25. The average molecular weight is 242 g/mol. The van der Waals surface area contributed by atoms with Crippen molar-refractivity contribution in [3.05, 3.63) is 46.0 Å². The minimum absolute atomic E-state index is 0.0162. The van der Waals surface area contributed by atoms with Crippen LogP contribution in [0.5, 0.6) is 0 Å². The number of allylic oxidation sites excluding steroid dienone is 2. The van der Waals surface area contributed by atoms with E-state index in [1.165, 1.54) is 0 Å². The van der Waals surface area contributed by atoms with Crippen LogP contribution in [0.1, 0.15) is 41.5 Å². The topological polar surface area (TPSA) is 34.1 Å². The molecule has 0 saturated heterocycles. The van der Waals surface area contributed by atoms with Crippen molar-refractivity contribution in [2.45, 2.75) is 40.0 Å². The van der Waals surface area contributed by atoms with Crippen molar-refractivity contribution in [2.24, 2.45) is 0 Å². The number of carbonyl (C=O) groups is 2. The third-order valence-electron chi connectivity index (χ3n) is 3.64. The van der Waals surface area contributed by atoms with Gasteiger partial charge in [0.25, 0.3) is 0 Å². The summed E-state index contributed by atoms with van der Waals surface area (Å²) in [5, 5.41) is 0. The minimum atomic E-state index is -0.572. The standard InChI is InChI=1S/C16H18O2/c1-5-12-8-13(17)15(16(12)18)14-10(3)6-9(2)7-11(14)4/h5-7,15H,8H2,1-4H3/b12-5+. The molecule has 0 amide bonds. The van der Waals surface area contributed by atoms with Crippen LogP contribution in [0.25, 0.3) is 0 Å². The highest BCUT2D eigenvalue weighted by molar-refractivity contribution is 6.23. The van der Waals surface area contributed by atoms with Gasteiger partial charge in [0.05, 0.1) is 0 Å². The molecule has 0 heterocycles. The summed E-state index contributed by atoms with van der Waals surface area (Å²) in [7, 11) is 0. The summed E-state index contributed by atoms with van der Waals surface area (Å²) < 4.78 is 0. The first-order valence-electron chi connectivity index (χ1n) is 6.25. The highest BCUT2D eigenvalue weighted by Crippen LogP contribution is 2.35. The summed E-state index contributed by atoms with van der Waals surface area (Å²) in [6.45, 7) is 7.80. The molecule has 18 heavy (non-hydrogen) atoms. The highest BCUT2D eigenvalue weighted by atomic mass is 16.2. The molecule has 2 heteroatoms. The lowest BCUT2D eigenvalue weighted by atomic mass is 9.87. The summed E-state index contributed by atoms with van der Waals surface area (Å²) in [6.07, 6.45) is 2.05. The predicted octanol–water partition coefficient (Wildman–Crippen LogP) is 3.18. The van der Waals surface area contributed by atoms with Gasteiger partial charge in [-0.3, -0.25) is 9.59 Å². The molecule has 1 atom stereocenters. The van der Waals surface area contributed by atoms with E-state index < -0.39 is 5.92 Å². The molecule has 1 aromatic carbocycles. The summed E-state index contributed by atoms with van der Waals surface area (Å²) in [6, 6.07) is 4.08. The van der Waals surface area contributed by atoms with Gasteiger partial charge in [0, 0.05) is 6.42 Å². The molecular formula is C16H18O2. The Morgan fingerprint density at radius 1 is 1.11 bits per heavy atom. The van der Waals surface area contributed by atoms with Crippen LogP contribution in [-0.2, 0) is 9.59 Å². The second-order valence-electron chi connectivity index (χ2n) is 5.07. The van der Waals surface area contributed by atoms with E-state index in [1.807, 2.05) is 39.8 Å². The van der Waals surface area contributed by atoms with E-state index in [0.29, 0.717) is 5.57 Å². The van der Waals surface area contributed by atoms with Gasteiger partial charge in [0.15, 0.2) is 11.6 Å². The molecule has 0 radical (unpaired) electrons. The summed E-state index contributed by atoms with van der Waals surface area (Å²) in [4.78, 5) is 24.3. The zero-order valence-electron chi connectivity index (χ0n) is 11.3. The van der Waals surface area contributed by atoms with Crippen LogP contribution < -0.4 is 0 Å². The molecule has 0 N–H and O–H groups in total. The van der Waals surface area contributed by atoms with Crippen LogP contribution in [0.15, 0.2) is 23.8 Å². The van der Waals surface area contributed by atoms with Gasteiger partial charge < -0.3 is 0 Å². The molecule has 1 aliphatic carbocycles. The Morgan fingerprint density at radius 2 is 1.67 bits per heavy atom. The van der Waals surface area contributed by atoms with Gasteiger partial charge in [-0.2, -0.15) is 0 Å². The third kappa shape index (κ3) is 1.92. The lowest BCUT2D eigenvalue weighted by Crippen LogP contribution is -2.15. The number of benzene rings is 1. The van der Waals surface area contributed by atoms with Crippen LogP contribution in [0.4, 0.5) is 0 Å². The van der Waals surface area contributed by atoms with Crippen molar-refractivity contribution in [1.29, 1.82) is 0 Å². The van der Waals surface area contributed by atoms with Crippen molar-refractivity contribution >= 4 is 11.6 Å². The minimum Gasteiger partial charge on any atom is -0.298 e. The van der Waals surface area contributed by atoms with E-state index in [-0.39, 0.29) is 18.0 Å². The van der Waals surface area contributed by atoms with Gasteiger partial charge in [-0.25, -0.2) is 0 Å². The first kappa shape index (κ1) is 12.7. The summed E-state index contributed by atoms with van der Waals surface area (Å²) >= 11 is 0. The quantitative estimate of drug-likeness (QED) is 0.560. The SMILES string of the molecule is C/C=C1\CC(=O)C(c2c(C)cc(C)cc2C)C1=O. The van der Waals surface area contributed by atoms with Crippen LogP contribution in [0, 0.1) is 20.8 Å². The highest BCUT2D eigenvalue weighted by Gasteiger charge is 2.39. The van der Waals surface area contributed by atoms with E-state index in [1.54, 1.807) is 6.08 Å². The number of carbonyl (C=O) groups excluding carboxylic acids is 2. The molecule has 1 unspecified atom stereocenters. The van der Waals surface area contributed by atoms with Crippen molar-refractivity contribution in [3.63, 3.8) is 0 Å². The molecule has 1 fully saturated rings. The fraction of sp³-hybridized carbons (Fsp3) is 0.375. The first-order chi connectivity index (χ1) is 8.45. The number of aryl methyl sites for hydroxylation is 3. The molecule has 0 aromatic heterocycles. The van der Waals surface area contributed by atoms with E-state index in [0.717, 1.165) is 22.3 Å². The zero-order valence-corrected chi connectivity index (χ0v) is 11.3. The van der Waals surface area contributed by atoms with Crippen molar-refractivity contribution in [3.8, 4) is 0 Å². The normalized spacial score (nSPS) is 22.0. The molecule has 0 spiro atoms. The number of ketones is 2. The molecule has 0 bridgehead atoms. The maximum atomic E-state index is 12.2. The Morgan fingerprint density at radius 3 is 2.11 bits per heavy atom. The molecule has 94 valence electrons. The Bertz CT molecular complexity index is 541. The largest absolute Gasteiger partial charge is 0.298 e. The van der Waals surface area contributed by atoms with E-state index in [9.17, 15) is 9.59 Å². The van der Waals surface area contributed by atoms with Crippen LogP contribution in [0.3, 0.4) is 0 Å². The molecular weight excluding hydrogens is 224 g/mol. The maximum Gasteiger partial charge on any atom is 0.173 e. The molecule has 1 saturated carbocycles. The predicted molar refractivity (Wildman–Crippen MR) is 71.8 cm³/mol. The lowest BCUT2D eigenvalue weighted by molar-refractivity contribution is -0.123. The smallest absolute Gasteiger partial charge is 0.173 e.